The van der Waals surface area contributed by atoms with Gasteiger partial charge in [-0.2, -0.15) is 13.2 Å². The normalized spacial score (nSPS) is 28.0. The van der Waals surface area contributed by atoms with Crippen LogP contribution in [0, 0.1) is 22.0 Å². The Kier molecular flexibility index (Phi) is 3.47. The van der Waals surface area contributed by atoms with Gasteiger partial charge in [0.1, 0.15) is 17.6 Å². The predicted octanol–water partition coefficient (Wildman–Crippen LogP) is 2.18. The van der Waals surface area contributed by atoms with Crippen LogP contribution in [0.1, 0.15) is 18.5 Å². The van der Waals surface area contributed by atoms with Gasteiger partial charge in [0.15, 0.2) is 0 Å². The van der Waals surface area contributed by atoms with Crippen LogP contribution >= 0.6 is 0 Å². The fraction of sp³-hybridized carbons (Fsp3) is 0.615. The molecule has 1 saturated carbocycles. The van der Waals surface area contributed by atoms with Crippen molar-refractivity contribution in [3.05, 3.63) is 28.1 Å². The Labute approximate surface area is 124 Å². The Hall–Kier alpha value is -1.90. The summed E-state index contributed by atoms with van der Waals surface area (Å²) in [5, 5.41) is 11.1. The van der Waals surface area contributed by atoms with Crippen molar-refractivity contribution in [2.75, 3.05) is 18.0 Å². The third kappa shape index (κ3) is 2.49. The third-order valence-corrected chi connectivity index (χ3v) is 4.60. The van der Waals surface area contributed by atoms with E-state index < -0.39 is 22.5 Å². The SMILES string of the molecule is NC1CCC2CN(c3cc(C(F)(F)F)ncc3[N+](=O)[O-])CC12. The highest BCUT2D eigenvalue weighted by molar-refractivity contribution is 5.63. The van der Waals surface area contributed by atoms with Crippen LogP contribution in [0.25, 0.3) is 0 Å². The second-order valence-electron chi connectivity index (χ2n) is 5.88. The second kappa shape index (κ2) is 5.08. The summed E-state index contributed by atoms with van der Waals surface area (Å²) in [6, 6.07) is 0.781. The number of nitrogens with two attached hydrogens (primary N) is 1. The van der Waals surface area contributed by atoms with Crippen molar-refractivity contribution < 1.29 is 18.1 Å². The molecule has 0 spiro atoms. The summed E-state index contributed by atoms with van der Waals surface area (Å²) in [4.78, 5) is 15.2. The zero-order valence-corrected chi connectivity index (χ0v) is 11.6. The number of pyridine rings is 1. The van der Waals surface area contributed by atoms with Gasteiger partial charge in [-0.1, -0.05) is 0 Å². The molecule has 2 N–H and O–H groups in total. The number of halogens is 3. The van der Waals surface area contributed by atoms with E-state index in [-0.39, 0.29) is 23.6 Å². The van der Waals surface area contributed by atoms with Crippen molar-refractivity contribution in [2.24, 2.45) is 17.6 Å². The van der Waals surface area contributed by atoms with E-state index in [1.807, 2.05) is 0 Å². The van der Waals surface area contributed by atoms with Gasteiger partial charge in [0.25, 0.3) is 0 Å². The zero-order valence-electron chi connectivity index (χ0n) is 11.6. The van der Waals surface area contributed by atoms with E-state index in [9.17, 15) is 23.3 Å². The van der Waals surface area contributed by atoms with Crippen molar-refractivity contribution in [1.82, 2.24) is 4.98 Å². The second-order valence-corrected chi connectivity index (χ2v) is 5.88. The largest absolute Gasteiger partial charge is 0.433 e. The summed E-state index contributed by atoms with van der Waals surface area (Å²) in [6.07, 6.45) is -2.13. The lowest BCUT2D eigenvalue weighted by Gasteiger charge is -2.21. The molecule has 0 amide bonds. The maximum Gasteiger partial charge on any atom is 0.433 e. The van der Waals surface area contributed by atoms with Crippen LogP contribution in [-0.2, 0) is 6.18 Å². The zero-order chi connectivity index (χ0) is 16.1. The lowest BCUT2D eigenvalue weighted by molar-refractivity contribution is -0.384. The number of nitro groups is 1. The highest BCUT2D eigenvalue weighted by Gasteiger charge is 2.43. The maximum atomic E-state index is 12.8. The van der Waals surface area contributed by atoms with Crippen molar-refractivity contribution in [3.63, 3.8) is 0 Å². The van der Waals surface area contributed by atoms with Crippen LogP contribution < -0.4 is 10.6 Å². The molecular weight excluding hydrogens is 301 g/mol. The Morgan fingerprint density at radius 1 is 1.36 bits per heavy atom. The fourth-order valence-electron chi connectivity index (χ4n) is 3.49. The van der Waals surface area contributed by atoms with Gasteiger partial charge in [-0.3, -0.25) is 10.1 Å². The van der Waals surface area contributed by atoms with Gasteiger partial charge in [-0.15, -0.1) is 0 Å². The van der Waals surface area contributed by atoms with Gasteiger partial charge in [-0.05, 0) is 30.7 Å². The fourth-order valence-corrected chi connectivity index (χ4v) is 3.49. The van der Waals surface area contributed by atoms with Crippen LogP contribution in [-0.4, -0.2) is 29.0 Å². The molecule has 1 aliphatic carbocycles. The van der Waals surface area contributed by atoms with E-state index in [4.69, 9.17) is 5.73 Å². The van der Waals surface area contributed by atoms with Crippen LogP contribution in [0.2, 0.25) is 0 Å². The smallest absolute Gasteiger partial charge is 0.365 e. The summed E-state index contributed by atoms with van der Waals surface area (Å²) in [5.41, 5.74) is 4.47. The Morgan fingerprint density at radius 3 is 2.68 bits per heavy atom. The van der Waals surface area contributed by atoms with Crippen LogP contribution in [0.5, 0.6) is 0 Å². The van der Waals surface area contributed by atoms with E-state index in [0.29, 0.717) is 19.3 Å². The first-order valence-corrected chi connectivity index (χ1v) is 6.99. The molecule has 2 fully saturated rings. The van der Waals surface area contributed by atoms with Crippen LogP contribution in [0.4, 0.5) is 24.5 Å². The number of fused-ring (bicyclic) bond motifs is 1. The molecule has 9 heteroatoms. The van der Waals surface area contributed by atoms with Gasteiger partial charge in [-0.25, -0.2) is 4.98 Å². The summed E-state index contributed by atoms with van der Waals surface area (Å²) < 4.78 is 38.4. The van der Waals surface area contributed by atoms with Crippen molar-refractivity contribution in [1.29, 1.82) is 0 Å². The molecule has 3 atom stereocenters. The number of hydrogen-bond acceptors (Lipinski definition) is 5. The van der Waals surface area contributed by atoms with Gasteiger partial charge >= 0.3 is 11.9 Å². The molecule has 3 rings (SSSR count). The first kappa shape index (κ1) is 15.0. The van der Waals surface area contributed by atoms with Crippen molar-refractivity contribution in [2.45, 2.75) is 25.1 Å². The highest BCUT2D eigenvalue weighted by atomic mass is 19.4. The van der Waals surface area contributed by atoms with Gasteiger partial charge in [0.2, 0.25) is 0 Å². The van der Waals surface area contributed by atoms with Gasteiger partial charge < -0.3 is 10.6 Å². The average Bonchev–Trinajstić information content (AvgIpc) is 2.99. The van der Waals surface area contributed by atoms with Gasteiger partial charge in [0.05, 0.1) is 4.92 Å². The maximum absolute atomic E-state index is 12.8. The predicted molar refractivity (Wildman–Crippen MR) is 72.3 cm³/mol. The molecule has 2 aliphatic rings. The first-order valence-electron chi connectivity index (χ1n) is 6.99. The van der Waals surface area contributed by atoms with E-state index in [1.54, 1.807) is 4.90 Å². The Bertz CT molecular complexity index is 607. The molecule has 1 saturated heterocycles. The monoisotopic (exact) mass is 316 g/mol. The Balaban J connectivity index is 1.96. The van der Waals surface area contributed by atoms with Gasteiger partial charge in [0, 0.05) is 19.1 Å². The minimum atomic E-state index is -4.63. The number of anilines is 1. The third-order valence-electron chi connectivity index (χ3n) is 4.60. The van der Waals surface area contributed by atoms with E-state index in [2.05, 4.69) is 4.98 Å². The Morgan fingerprint density at radius 2 is 2.09 bits per heavy atom. The highest BCUT2D eigenvalue weighted by Crippen LogP contribution is 2.42. The van der Waals surface area contributed by atoms with Crippen molar-refractivity contribution in [3.8, 4) is 0 Å². The number of nitrogens with zero attached hydrogens (tertiary/aromatic N) is 3. The minimum absolute atomic E-state index is 0.0120. The van der Waals surface area contributed by atoms with E-state index >= 15 is 0 Å². The molecule has 0 bridgehead atoms. The van der Waals surface area contributed by atoms with Crippen LogP contribution in [0.3, 0.4) is 0 Å². The molecule has 1 aliphatic heterocycles. The molecule has 3 unspecified atom stereocenters. The number of hydrogen-bond donors (Lipinski definition) is 1. The molecule has 2 heterocycles. The topological polar surface area (TPSA) is 85.3 Å². The molecule has 22 heavy (non-hydrogen) atoms. The number of aromatic nitrogens is 1. The summed E-state index contributed by atoms with van der Waals surface area (Å²) in [7, 11) is 0. The number of rotatable bonds is 2. The quantitative estimate of drug-likeness (QED) is 0.667. The summed E-state index contributed by atoms with van der Waals surface area (Å²) in [5.74, 6) is 0.471. The lowest BCUT2D eigenvalue weighted by Crippen LogP contribution is -2.30. The standard InChI is InChI=1S/C13H15F3N4O2/c14-13(15,16)12-3-10(11(4-18-12)20(21)22)19-5-7-1-2-9(17)8(7)6-19/h3-4,7-9H,1-2,5-6,17H2. The average molecular weight is 316 g/mol. The lowest BCUT2D eigenvalue weighted by atomic mass is 9.98. The van der Waals surface area contributed by atoms with Crippen molar-refractivity contribution >= 4 is 11.4 Å². The molecule has 120 valence electrons. The van der Waals surface area contributed by atoms with Crippen LogP contribution in [0.15, 0.2) is 12.3 Å². The molecule has 1 aromatic rings. The molecule has 0 radical (unpaired) electrons. The first-order chi connectivity index (χ1) is 10.3. The van der Waals surface area contributed by atoms with E-state index in [1.165, 1.54) is 0 Å². The van der Waals surface area contributed by atoms with E-state index in [0.717, 1.165) is 18.9 Å². The minimum Gasteiger partial charge on any atom is -0.365 e. The number of alkyl halides is 3. The molecular formula is C13H15F3N4O2. The summed E-state index contributed by atoms with van der Waals surface area (Å²) >= 11 is 0. The summed E-state index contributed by atoms with van der Waals surface area (Å²) in [6.45, 7) is 0.953. The molecule has 6 nitrogen and oxygen atoms in total. The molecule has 1 aromatic heterocycles. The molecule has 0 aromatic carbocycles.